The van der Waals surface area contributed by atoms with E-state index in [0.717, 1.165) is 22.9 Å². The summed E-state index contributed by atoms with van der Waals surface area (Å²) in [6, 6.07) is 4.66. The maximum Gasteiger partial charge on any atom is 0.123 e. The Morgan fingerprint density at radius 3 is 2.94 bits per heavy atom. The van der Waals surface area contributed by atoms with Gasteiger partial charge >= 0.3 is 0 Å². The maximum absolute atomic E-state index is 13.2. The highest BCUT2D eigenvalue weighted by Crippen LogP contribution is 2.32. The van der Waals surface area contributed by atoms with E-state index in [0.29, 0.717) is 18.3 Å². The Balaban J connectivity index is 2.01. The highest BCUT2D eigenvalue weighted by atomic mass is 79.9. The molecule has 1 N–H and O–H groups in total. The van der Waals surface area contributed by atoms with Crippen LogP contribution in [0.25, 0.3) is 0 Å². The van der Waals surface area contributed by atoms with E-state index in [9.17, 15) is 9.50 Å². The van der Waals surface area contributed by atoms with Gasteiger partial charge in [-0.1, -0.05) is 35.7 Å². The topological polar surface area (TPSA) is 20.2 Å². The highest BCUT2D eigenvalue weighted by Gasteiger charge is 2.25. The maximum atomic E-state index is 13.2. The SMILES string of the molecule is CC1CCCC(C(O)Cc2cc(F)ccc2Br)C1. The highest BCUT2D eigenvalue weighted by molar-refractivity contribution is 9.10. The molecule has 1 nitrogen and oxygen atoms in total. The third-order valence-electron chi connectivity index (χ3n) is 3.96. The van der Waals surface area contributed by atoms with Gasteiger partial charge < -0.3 is 5.11 Å². The van der Waals surface area contributed by atoms with E-state index in [1.54, 1.807) is 6.07 Å². The molecule has 0 spiro atoms. The van der Waals surface area contributed by atoms with E-state index in [2.05, 4.69) is 22.9 Å². The van der Waals surface area contributed by atoms with E-state index in [-0.39, 0.29) is 11.9 Å². The monoisotopic (exact) mass is 314 g/mol. The van der Waals surface area contributed by atoms with Crippen molar-refractivity contribution in [3.63, 3.8) is 0 Å². The smallest absolute Gasteiger partial charge is 0.123 e. The fourth-order valence-electron chi connectivity index (χ4n) is 2.92. The van der Waals surface area contributed by atoms with Crippen molar-refractivity contribution in [1.82, 2.24) is 0 Å². The minimum Gasteiger partial charge on any atom is -0.392 e. The Morgan fingerprint density at radius 2 is 2.22 bits per heavy atom. The molecule has 1 aliphatic carbocycles. The Morgan fingerprint density at radius 1 is 1.44 bits per heavy atom. The van der Waals surface area contributed by atoms with Crippen LogP contribution in [0.4, 0.5) is 4.39 Å². The lowest BCUT2D eigenvalue weighted by Crippen LogP contribution is -2.27. The van der Waals surface area contributed by atoms with Gasteiger partial charge in [-0.2, -0.15) is 0 Å². The van der Waals surface area contributed by atoms with Gasteiger partial charge in [0.25, 0.3) is 0 Å². The van der Waals surface area contributed by atoms with Gasteiger partial charge in [-0.05, 0) is 54.9 Å². The molecule has 0 aliphatic heterocycles. The van der Waals surface area contributed by atoms with Crippen molar-refractivity contribution in [1.29, 1.82) is 0 Å². The molecule has 100 valence electrons. The second-order valence-corrected chi connectivity index (χ2v) is 6.39. The van der Waals surface area contributed by atoms with E-state index < -0.39 is 0 Å². The second kappa shape index (κ2) is 6.16. The zero-order valence-corrected chi connectivity index (χ0v) is 12.3. The van der Waals surface area contributed by atoms with Gasteiger partial charge in [-0.15, -0.1) is 0 Å². The number of aliphatic hydroxyl groups excluding tert-OH is 1. The van der Waals surface area contributed by atoms with Crippen molar-refractivity contribution < 1.29 is 9.50 Å². The zero-order valence-electron chi connectivity index (χ0n) is 10.7. The Kier molecular flexibility index (Phi) is 4.79. The predicted octanol–water partition coefficient (Wildman–Crippen LogP) is 4.32. The lowest BCUT2D eigenvalue weighted by Gasteiger charge is -2.30. The van der Waals surface area contributed by atoms with Crippen LogP contribution in [-0.4, -0.2) is 11.2 Å². The van der Waals surface area contributed by atoms with Crippen LogP contribution < -0.4 is 0 Å². The summed E-state index contributed by atoms with van der Waals surface area (Å²) < 4.78 is 14.1. The van der Waals surface area contributed by atoms with E-state index in [1.807, 2.05) is 0 Å². The molecule has 0 radical (unpaired) electrons. The van der Waals surface area contributed by atoms with Gasteiger partial charge in [0.15, 0.2) is 0 Å². The van der Waals surface area contributed by atoms with Gasteiger partial charge in [0.2, 0.25) is 0 Å². The first-order chi connectivity index (χ1) is 8.56. The molecule has 1 saturated carbocycles. The molecule has 3 unspecified atom stereocenters. The van der Waals surface area contributed by atoms with Crippen molar-refractivity contribution in [3.05, 3.63) is 34.1 Å². The third-order valence-corrected chi connectivity index (χ3v) is 4.73. The number of aliphatic hydroxyl groups is 1. The number of halogens is 2. The van der Waals surface area contributed by atoms with Crippen molar-refractivity contribution in [3.8, 4) is 0 Å². The molecule has 1 aromatic rings. The molecule has 1 aromatic carbocycles. The molecule has 0 aromatic heterocycles. The summed E-state index contributed by atoms with van der Waals surface area (Å²) in [5, 5.41) is 10.3. The molecule has 2 rings (SSSR count). The van der Waals surface area contributed by atoms with Crippen LogP contribution in [0.2, 0.25) is 0 Å². The molecule has 0 heterocycles. The molecule has 0 saturated heterocycles. The first kappa shape index (κ1) is 14.0. The molecule has 18 heavy (non-hydrogen) atoms. The largest absolute Gasteiger partial charge is 0.392 e. The van der Waals surface area contributed by atoms with Crippen LogP contribution in [0, 0.1) is 17.7 Å². The lowest BCUT2D eigenvalue weighted by atomic mass is 9.78. The Bertz CT molecular complexity index is 407. The predicted molar refractivity (Wildman–Crippen MR) is 74.9 cm³/mol. The molecule has 3 atom stereocenters. The molecule has 0 bridgehead atoms. The van der Waals surface area contributed by atoms with Crippen molar-refractivity contribution >= 4 is 15.9 Å². The van der Waals surface area contributed by atoms with Gasteiger partial charge in [0.05, 0.1) is 6.10 Å². The van der Waals surface area contributed by atoms with Crippen molar-refractivity contribution in [2.24, 2.45) is 11.8 Å². The average Bonchev–Trinajstić information content (AvgIpc) is 2.34. The van der Waals surface area contributed by atoms with Crippen LogP contribution in [0.3, 0.4) is 0 Å². The molecule has 1 fully saturated rings. The van der Waals surface area contributed by atoms with Crippen molar-refractivity contribution in [2.75, 3.05) is 0 Å². The second-order valence-electron chi connectivity index (χ2n) is 5.54. The summed E-state index contributed by atoms with van der Waals surface area (Å²) in [5.74, 6) is 0.829. The minimum absolute atomic E-state index is 0.239. The molecular weight excluding hydrogens is 295 g/mol. The van der Waals surface area contributed by atoms with Gasteiger partial charge in [-0.25, -0.2) is 4.39 Å². The first-order valence-electron chi connectivity index (χ1n) is 6.68. The van der Waals surface area contributed by atoms with E-state index in [4.69, 9.17) is 0 Å². The minimum atomic E-state index is -0.356. The lowest BCUT2D eigenvalue weighted by molar-refractivity contribution is 0.0718. The number of benzene rings is 1. The normalized spacial score (nSPS) is 26.0. The summed E-state index contributed by atoms with van der Waals surface area (Å²) >= 11 is 3.42. The fraction of sp³-hybridized carbons (Fsp3) is 0.600. The molecule has 3 heteroatoms. The quantitative estimate of drug-likeness (QED) is 0.881. The molecule has 1 aliphatic rings. The zero-order chi connectivity index (χ0) is 13.1. The Hall–Kier alpha value is -0.410. The third kappa shape index (κ3) is 3.55. The number of rotatable bonds is 3. The summed E-state index contributed by atoms with van der Waals surface area (Å²) in [6.07, 6.45) is 4.84. The van der Waals surface area contributed by atoms with Gasteiger partial charge in [0.1, 0.15) is 5.82 Å². The van der Waals surface area contributed by atoms with Crippen LogP contribution in [0.1, 0.15) is 38.2 Å². The summed E-state index contributed by atoms with van der Waals surface area (Å²) in [6.45, 7) is 2.25. The Labute approximate surface area is 117 Å². The van der Waals surface area contributed by atoms with Gasteiger partial charge in [-0.3, -0.25) is 0 Å². The summed E-state index contributed by atoms with van der Waals surface area (Å²) in [4.78, 5) is 0. The summed E-state index contributed by atoms with van der Waals surface area (Å²) in [7, 11) is 0. The van der Waals surface area contributed by atoms with Crippen LogP contribution in [0.5, 0.6) is 0 Å². The van der Waals surface area contributed by atoms with Crippen molar-refractivity contribution in [2.45, 2.75) is 45.1 Å². The first-order valence-corrected chi connectivity index (χ1v) is 7.47. The van der Waals surface area contributed by atoms with Gasteiger partial charge in [0, 0.05) is 4.47 Å². The van der Waals surface area contributed by atoms with Crippen LogP contribution >= 0.6 is 15.9 Å². The molecule has 0 amide bonds. The van der Waals surface area contributed by atoms with Crippen LogP contribution in [-0.2, 0) is 6.42 Å². The number of hydrogen-bond donors (Lipinski definition) is 1. The van der Waals surface area contributed by atoms with Crippen LogP contribution in [0.15, 0.2) is 22.7 Å². The molecular formula is C15H20BrFO. The average molecular weight is 315 g/mol. The fourth-order valence-corrected chi connectivity index (χ4v) is 3.33. The summed E-state index contributed by atoms with van der Waals surface area (Å²) in [5.41, 5.74) is 0.862. The standard InChI is InChI=1S/C15H20BrFO/c1-10-3-2-4-11(7-10)15(18)9-12-8-13(17)5-6-14(12)16/h5-6,8,10-11,15,18H,2-4,7,9H2,1H3. The number of hydrogen-bond acceptors (Lipinski definition) is 1. The van der Waals surface area contributed by atoms with E-state index >= 15 is 0 Å². The van der Waals surface area contributed by atoms with E-state index in [1.165, 1.54) is 25.0 Å².